The van der Waals surface area contributed by atoms with Gasteiger partial charge in [0.1, 0.15) is 5.56 Å². The Morgan fingerprint density at radius 2 is 1.89 bits per heavy atom. The van der Waals surface area contributed by atoms with Gasteiger partial charge in [0, 0.05) is 21.7 Å². The van der Waals surface area contributed by atoms with Crippen molar-refractivity contribution in [2.75, 3.05) is 11.9 Å². The van der Waals surface area contributed by atoms with E-state index in [1.165, 1.54) is 18.3 Å². The zero-order valence-electron chi connectivity index (χ0n) is 14.1. The number of hydrogen-bond acceptors (Lipinski definition) is 4. The van der Waals surface area contributed by atoms with Gasteiger partial charge in [-0.3, -0.25) is 4.98 Å². The molecule has 0 unspecified atom stereocenters. The topological polar surface area (TPSA) is 51.2 Å². The number of fused-ring (bicyclic) bond motifs is 1. The lowest BCUT2D eigenvalue weighted by molar-refractivity contribution is -0.137. The van der Waals surface area contributed by atoms with E-state index < -0.39 is 17.7 Å². The number of ether oxygens (including phenoxy) is 1. The summed E-state index contributed by atoms with van der Waals surface area (Å²) in [6.07, 6.45) is -3.02. The van der Waals surface area contributed by atoms with Gasteiger partial charge in [0.25, 0.3) is 0 Å². The first kappa shape index (κ1) is 19.2. The molecule has 1 N–H and O–H groups in total. The van der Waals surface area contributed by atoms with E-state index >= 15 is 0 Å². The fraction of sp³-hybridized carbons (Fsp3) is 0.158. The van der Waals surface area contributed by atoms with Gasteiger partial charge in [-0.1, -0.05) is 15.9 Å². The van der Waals surface area contributed by atoms with Crippen LogP contribution in [0.25, 0.3) is 10.9 Å². The highest BCUT2D eigenvalue weighted by molar-refractivity contribution is 9.10. The van der Waals surface area contributed by atoms with E-state index in [1.54, 1.807) is 25.1 Å². The van der Waals surface area contributed by atoms with Crippen LogP contribution in [-0.2, 0) is 10.9 Å². The van der Waals surface area contributed by atoms with Crippen LogP contribution < -0.4 is 5.32 Å². The number of pyridine rings is 1. The maximum atomic E-state index is 12.8. The molecule has 0 aliphatic rings. The summed E-state index contributed by atoms with van der Waals surface area (Å²) >= 11 is 3.38. The number of hydrogen-bond donors (Lipinski definition) is 1. The Morgan fingerprint density at radius 1 is 1.19 bits per heavy atom. The average Bonchev–Trinajstić information content (AvgIpc) is 2.62. The number of rotatable bonds is 4. The minimum absolute atomic E-state index is 0.190. The Balaban J connectivity index is 2.08. The van der Waals surface area contributed by atoms with Gasteiger partial charge in [0.05, 0.1) is 23.4 Å². The van der Waals surface area contributed by atoms with Gasteiger partial charge in [0.2, 0.25) is 0 Å². The van der Waals surface area contributed by atoms with Gasteiger partial charge >= 0.3 is 12.1 Å². The third-order valence-corrected chi connectivity index (χ3v) is 4.30. The summed E-state index contributed by atoms with van der Waals surface area (Å²) in [7, 11) is 0. The number of alkyl halides is 3. The molecule has 0 saturated carbocycles. The van der Waals surface area contributed by atoms with Crippen molar-refractivity contribution in [3.05, 3.63) is 64.3 Å². The monoisotopic (exact) mass is 438 g/mol. The molecule has 0 aliphatic carbocycles. The van der Waals surface area contributed by atoms with E-state index in [4.69, 9.17) is 4.74 Å². The van der Waals surface area contributed by atoms with E-state index in [0.29, 0.717) is 22.3 Å². The minimum Gasteiger partial charge on any atom is -0.462 e. The molecule has 0 saturated heterocycles. The molecule has 0 radical (unpaired) electrons. The highest BCUT2D eigenvalue weighted by Crippen LogP contribution is 2.33. The van der Waals surface area contributed by atoms with Crippen LogP contribution in [0.15, 0.2) is 53.1 Å². The van der Waals surface area contributed by atoms with Crippen LogP contribution in [0.1, 0.15) is 22.8 Å². The smallest absolute Gasteiger partial charge is 0.416 e. The highest BCUT2D eigenvalue weighted by atomic mass is 79.9. The number of halogens is 4. The first-order chi connectivity index (χ1) is 12.8. The fourth-order valence-corrected chi connectivity index (χ4v) is 2.91. The number of esters is 1. The second-order valence-electron chi connectivity index (χ2n) is 5.63. The van der Waals surface area contributed by atoms with Crippen LogP contribution in [0.5, 0.6) is 0 Å². The summed E-state index contributed by atoms with van der Waals surface area (Å²) in [5.74, 6) is -0.568. The lowest BCUT2D eigenvalue weighted by atomic mass is 10.1. The average molecular weight is 439 g/mol. The Hall–Kier alpha value is -2.61. The maximum Gasteiger partial charge on any atom is 0.416 e. The number of nitrogens with zero attached hydrogens (tertiary/aromatic N) is 1. The molecule has 3 aromatic rings. The molecule has 2 aromatic carbocycles. The molecule has 0 aliphatic heterocycles. The molecule has 0 atom stereocenters. The number of carbonyl (C=O) groups excluding carboxylic acids is 1. The summed E-state index contributed by atoms with van der Waals surface area (Å²) in [5.41, 5.74) is 0.893. The van der Waals surface area contributed by atoms with E-state index in [-0.39, 0.29) is 12.2 Å². The van der Waals surface area contributed by atoms with Gasteiger partial charge in [-0.2, -0.15) is 13.2 Å². The molecule has 140 valence electrons. The number of nitrogens with one attached hydrogen (secondary N) is 1. The van der Waals surface area contributed by atoms with Crippen molar-refractivity contribution in [1.82, 2.24) is 4.98 Å². The molecular weight excluding hydrogens is 425 g/mol. The summed E-state index contributed by atoms with van der Waals surface area (Å²) in [4.78, 5) is 16.6. The number of aromatic nitrogens is 1. The van der Waals surface area contributed by atoms with Crippen molar-refractivity contribution >= 4 is 44.2 Å². The standard InChI is InChI=1S/C19H14BrF3N2O2/c1-2-27-18(26)15-10-24-16-8-5-12(20)9-14(16)17(15)25-13-6-3-11(4-7-13)19(21,22)23/h3-10H,2H2,1H3,(H,24,25). The quantitative estimate of drug-likeness (QED) is 0.512. The zero-order valence-corrected chi connectivity index (χ0v) is 15.7. The van der Waals surface area contributed by atoms with Gasteiger partial charge in [-0.15, -0.1) is 0 Å². The Labute approximate surface area is 161 Å². The van der Waals surface area contributed by atoms with Crippen LogP contribution in [0, 0.1) is 0 Å². The number of anilines is 2. The number of benzene rings is 2. The third-order valence-electron chi connectivity index (χ3n) is 3.81. The first-order valence-electron chi connectivity index (χ1n) is 7.99. The summed E-state index contributed by atoms with van der Waals surface area (Å²) in [6, 6.07) is 9.92. The summed E-state index contributed by atoms with van der Waals surface area (Å²) in [6.45, 7) is 1.88. The van der Waals surface area contributed by atoms with E-state index in [1.807, 2.05) is 0 Å². The summed E-state index contributed by atoms with van der Waals surface area (Å²) < 4.78 is 44.1. The Kier molecular flexibility index (Phi) is 5.36. The van der Waals surface area contributed by atoms with Crippen molar-refractivity contribution < 1.29 is 22.7 Å². The molecular formula is C19H14BrF3N2O2. The van der Waals surface area contributed by atoms with Crippen LogP contribution in [0.4, 0.5) is 24.5 Å². The van der Waals surface area contributed by atoms with Crippen molar-refractivity contribution in [3.8, 4) is 0 Å². The molecule has 4 nitrogen and oxygen atoms in total. The maximum absolute atomic E-state index is 12.8. The van der Waals surface area contributed by atoms with E-state index in [9.17, 15) is 18.0 Å². The molecule has 3 rings (SSSR count). The molecule has 0 spiro atoms. The lowest BCUT2D eigenvalue weighted by Gasteiger charge is -2.15. The van der Waals surface area contributed by atoms with Crippen LogP contribution in [0.3, 0.4) is 0 Å². The third kappa shape index (κ3) is 4.21. The van der Waals surface area contributed by atoms with Crippen LogP contribution in [-0.4, -0.2) is 17.6 Å². The SMILES string of the molecule is CCOC(=O)c1cnc2ccc(Br)cc2c1Nc1ccc(C(F)(F)F)cc1. The number of carbonyl (C=O) groups is 1. The predicted molar refractivity (Wildman–Crippen MR) is 100 cm³/mol. The van der Waals surface area contributed by atoms with Gasteiger partial charge < -0.3 is 10.1 Å². The van der Waals surface area contributed by atoms with Crippen molar-refractivity contribution in [1.29, 1.82) is 0 Å². The lowest BCUT2D eigenvalue weighted by Crippen LogP contribution is -2.09. The van der Waals surface area contributed by atoms with E-state index in [0.717, 1.165) is 16.6 Å². The van der Waals surface area contributed by atoms with Crippen molar-refractivity contribution in [2.24, 2.45) is 0 Å². The van der Waals surface area contributed by atoms with E-state index in [2.05, 4.69) is 26.2 Å². The molecule has 1 aromatic heterocycles. The molecule has 1 heterocycles. The largest absolute Gasteiger partial charge is 0.462 e. The molecule has 27 heavy (non-hydrogen) atoms. The van der Waals surface area contributed by atoms with Crippen molar-refractivity contribution in [2.45, 2.75) is 13.1 Å². The van der Waals surface area contributed by atoms with Crippen LogP contribution in [0.2, 0.25) is 0 Å². The second-order valence-corrected chi connectivity index (χ2v) is 6.54. The molecule has 0 bridgehead atoms. The van der Waals surface area contributed by atoms with Gasteiger partial charge in [0.15, 0.2) is 0 Å². The zero-order chi connectivity index (χ0) is 19.6. The first-order valence-corrected chi connectivity index (χ1v) is 8.78. The normalized spacial score (nSPS) is 11.4. The predicted octanol–water partition coefficient (Wildman–Crippen LogP) is 5.94. The Bertz CT molecular complexity index is 989. The minimum atomic E-state index is -4.41. The second kappa shape index (κ2) is 7.56. The Morgan fingerprint density at radius 3 is 2.52 bits per heavy atom. The molecule has 0 fully saturated rings. The van der Waals surface area contributed by atoms with Gasteiger partial charge in [-0.05, 0) is 49.4 Å². The highest BCUT2D eigenvalue weighted by Gasteiger charge is 2.30. The fourth-order valence-electron chi connectivity index (χ4n) is 2.55. The molecule has 0 amide bonds. The van der Waals surface area contributed by atoms with Crippen LogP contribution >= 0.6 is 15.9 Å². The summed E-state index contributed by atoms with van der Waals surface area (Å²) in [5, 5.41) is 3.67. The molecule has 8 heteroatoms. The van der Waals surface area contributed by atoms with Gasteiger partial charge in [-0.25, -0.2) is 4.79 Å². The van der Waals surface area contributed by atoms with Crippen molar-refractivity contribution in [3.63, 3.8) is 0 Å².